The molecule has 0 aromatic heterocycles. The molecule has 2 atom stereocenters. The Morgan fingerprint density at radius 3 is 1.47 bits per heavy atom. The molecule has 10 nitrogen and oxygen atoms in total. The first-order valence-corrected chi connectivity index (χ1v) is 24.3. The van der Waals surface area contributed by atoms with Crippen LogP contribution in [0.3, 0.4) is 0 Å². The van der Waals surface area contributed by atoms with Crippen molar-refractivity contribution in [1.29, 1.82) is 0 Å². The first-order chi connectivity index (χ1) is 28.1. The molecule has 1 rings (SSSR count). The van der Waals surface area contributed by atoms with E-state index >= 15 is 0 Å². The average molecular weight is 806 g/mol. The molecule has 1 aliphatic heterocycles. The Kier molecular flexibility index (Phi) is 38.7. The fourth-order valence-corrected chi connectivity index (χ4v) is 7.33. The van der Waals surface area contributed by atoms with Crippen LogP contribution in [-0.4, -0.2) is 76.1 Å². The summed E-state index contributed by atoms with van der Waals surface area (Å²) in [6, 6.07) is -0.702. The number of ether oxygens (including phenoxy) is 2. The van der Waals surface area contributed by atoms with E-state index in [1.807, 2.05) is 6.08 Å². The zero-order valence-electron chi connectivity index (χ0n) is 37.2. The number of nitrogens with one attached hydrogen (secondary N) is 5. The fourth-order valence-electron chi connectivity index (χ4n) is 7.33. The summed E-state index contributed by atoms with van der Waals surface area (Å²) in [4.78, 5) is 39.0. The van der Waals surface area contributed by atoms with Crippen LogP contribution in [0.2, 0.25) is 0 Å². The lowest BCUT2D eigenvalue weighted by Gasteiger charge is -2.26. The Labute approximate surface area is 350 Å². The summed E-state index contributed by atoms with van der Waals surface area (Å²) in [7, 11) is 0. The second kappa shape index (κ2) is 41.8. The maximum atomic E-state index is 13.3. The van der Waals surface area contributed by atoms with Crippen molar-refractivity contribution in [2.24, 2.45) is 0 Å². The van der Waals surface area contributed by atoms with E-state index in [0.717, 1.165) is 90.4 Å². The number of amides is 3. The standard InChI is InChI=1S/C47H91N5O5/c1-3-5-7-9-11-13-15-17-18-19-21-23-25-27-29-35-45(53)52-43-42-56-46(54)50-40-32-38-48-36-30-31-37-49-39-33-41-51-47(55)57-44(43)34-28-26-24-22-20-16-14-12-10-8-6-4-2/h28,34,43-44,48-49H,3-27,29-33,35-42H2,1-2H3,(H,50,54)(H,51,55)(H,52,53)/b34-28+/t43-,44+/m0/s1. The maximum absolute atomic E-state index is 13.3. The average Bonchev–Trinajstić information content (AvgIpc) is 3.20. The second-order valence-electron chi connectivity index (χ2n) is 16.5. The highest BCUT2D eigenvalue weighted by Crippen LogP contribution is 2.15. The molecule has 1 saturated heterocycles. The van der Waals surface area contributed by atoms with Crippen molar-refractivity contribution < 1.29 is 23.9 Å². The highest BCUT2D eigenvalue weighted by atomic mass is 16.6. The Balaban J connectivity index is 2.67. The van der Waals surface area contributed by atoms with Crippen LogP contribution in [0.25, 0.3) is 0 Å². The molecule has 334 valence electrons. The lowest BCUT2D eigenvalue weighted by molar-refractivity contribution is -0.123. The van der Waals surface area contributed by atoms with Gasteiger partial charge in [0.2, 0.25) is 5.91 Å². The first-order valence-electron chi connectivity index (χ1n) is 24.3. The third-order valence-electron chi connectivity index (χ3n) is 11.0. The van der Waals surface area contributed by atoms with Crippen LogP contribution in [0.4, 0.5) is 9.59 Å². The molecule has 0 bridgehead atoms. The summed E-state index contributed by atoms with van der Waals surface area (Å²) < 4.78 is 11.6. The molecule has 1 fully saturated rings. The number of allylic oxidation sites excluding steroid dienone is 1. The van der Waals surface area contributed by atoms with Crippen LogP contribution in [-0.2, 0) is 14.3 Å². The summed E-state index contributed by atoms with van der Waals surface area (Å²) in [6.07, 6.45) is 38.9. The lowest BCUT2D eigenvalue weighted by Crippen LogP contribution is -2.49. The zero-order chi connectivity index (χ0) is 41.1. The van der Waals surface area contributed by atoms with E-state index in [1.54, 1.807) is 0 Å². The van der Waals surface area contributed by atoms with E-state index in [4.69, 9.17) is 9.47 Å². The van der Waals surface area contributed by atoms with Gasteiger partial charge in [0, 0.05) is 19.5 Å². The molecule has 0 spiro atoms. The van der Waals surface area contributed by atoms with Gasteiger partial charge in [0.25, 0.3) is 0 Å². The first kappa shape index (κ1) is 52.7. The fraction of sp³-hybridized carbons (Fsp3) is 0.894. The van der Waals surface area contributed by atoms with Gasteiger partial charge in [0.05, 0.1) is 0 Å². The van der Waals surface area contributed by atoms with E-state index in [2.05, 4.69) is 46.5 Å². The summed E-state index contributed by atoms with van der Waals surface area (Å²) in [5.74, 6) is -0.113. The van der Waals surface area contributed by atoms with E-state index in [0.29, 0.717) is 19.5 Å². The number of alkyl carbamates (subject to hydrolysis) is 2. The monoisotopic (exact) mass is 806 g/mol. The molecule has 0 saturated carbocycles. The molecule has 0 aliphatic carbocycles. The summed E-state index contributed by atoms with van der Waals surface area (Å²) >= 11 is 0. The van der Waals surface area contributed by atoms with Crippen molar-refractivity contribution in [2.45, 2.75) is 225 Å². The van der Waals surface area contributed by atoms with Gasteiger partial charge >= 0.3 is 12.2 Å². The van der Waals surface area contributed by atoms with Crippen LogP contribution < -0.4 is 26.6 Å². The molecule has 57 heavy (non-hydrogen) atoms. The molecule has 1 aliphatic rings. The van der Waals surface area contributed by atoms with Gasteiger partial charge in [0.1, 0.15) is 18.8 Å². The Bertz CT molecular complexity index is 951. The smallest absolute Gasteiger partial charge is 0.407 e. The van der Waals surface area contributed by atoms with E-state index < -0.39 is 24.3 Å². The van der Waals surface area contributed by atoms with Gasteiger partial charge in [-0.05, 0) is 77.2 Å². The maximum Gasteiger partial charge on any atom is 0.407 e. The van der Waals surface area contributed by atoms with Crippen molar-refractivity contribution in [3.63, 3.8) is 0 Å². The predicted octanol–water partition coefficient (Wildman–Crippen LogP) is 11.2. The van der Waals surface area contributed by atoms with E-state index in [1.165, 1.54) is 128 Å². The molecular formula is C47H91N5O5. The van der Waals surface area contributed by atoms with Crippen LogP contribution in [0, 0.1) is 0 Å². The molecule has 0 radical (unpaired) electrons. The van der Waals surface area contributed by atoms with Crippen molar-refractivity contribution in [1.82, 2.24) is 26.6 Å². The van der Waals surface area contributed by atoms with Gasteiger partial charge in [-0.15, -0.1) is 0 Å². The quantitative estimate of drug-likeness (QED) is 0.0376. The zero-order valence-corrected chi connectivity index (χ0v) is 37.2. The minimum Gasteiger partial charge on any atom is -0.447 e. The van der Waals surface area contributed by atoms with E-state index in [9.17, 15) is 14.4 Å². The second-order valence-corrected chi connectivity index (χ2v) is 16.5. The number of carbonyl (C=O) groups excluding carboxylic acids is 3. The minimum atomic E-state index is -0.776. The van der Waals surface area contributed by atoms with Crippen LogP contribution >= 0.6 is 0 Å². The number of carbonyl (C=O) groups is 3. The van der Waals surface area contributed by atoms with Crippen molar-refractivity contribution in [2.75, 3.05) is 45.9 Å². The normalized spacial score (nSPS) is 18.6. The third-order valence-corrected chi connectivity index (χ3v) is 11.0. The highest BCUT2D eigenvalue weighted by molar-refractivity contribution is 5.76. The van der Waals surface area contributed by atoms with Crippen molar-refractivity contribution >= 4 is 18.1 Å². The van der Waals surface area contributed by atoms with Gasteiger partial charge in [-0.1, -0.05) is 168 Å². The number of hydrogen-bond acceptors (Lipinski definition) is 7. The number of unbranched alkanes of at least 4 members (excludes halogenated alkanes) is 24. The van der Waals surface area contributed by atoms with Gasteiger partial charge in [-0.25, -0.2) is 9.59 Å². The molecule has 0 aromatic carbocycles. The minimum absolute atomic E-state index is 0.0981. The van der Waals surface area contributed by atoms with Gasteiger partial charge < -0.3 is 36.1 Å². The number of cyclic esters (lactones) is 2. The van der Waals surface area contributed by atoms with E-state index in [-0.39, 0.29) is 12.5 Å². The molecule has 0 aromatic rings. The van der Waals surface area contributed by atoms with Gasteiger partial charge in [-0.2, -0.15) is 0 Å². The Morgan fingerprint density at radius 2 is 0.982 bits per heavy atom. The third kappa shape index (κ3) is 36.5. The number of hydrogen-bond donors (Lipinski definition) is 5. The van der Waals surface area contributed by atoms with Gasteiger partial charge in [-0.3, -0.25) is 4.79 Å². The van der Waals surface area contributed by atoms with Gasteiger partial charge in [0.15, 0.2) is 0 Å². The SMILES string of the molecule is CCCCCCCCCCCC/C=C/[C@H]1OC(=O)NCCCNCCCCNCCCNC(=O)OC[C@@H]1NC(=O)CCCCCCCCCCCCCCCCC. The summed E-state index contributed by atoms with van der Waals surface area (Å²) in [5, 5.41) is 15.7. The predicted molar refractivity (Wildman–Crippen MR) is 239 cm³/mol. The topological polar surface area (TPSA) is 130 Å². The summed E-state index contributed by atoms with van der Waals surface area (Å²) in [6.45, 7) is 8.91. The van der Waals surface area contributed by atoms with Crippen molar-refractivity contribution in [3.05, 3.63) is 12.2 Å². The molecule has 1 heterocycles. The lowest BCUT2D eigenvalue weighted by atomic mass is 10.0. The van der Waals surface area contributed by atoms with Crippen molar-refractivity contribution in [3.8, 4) is 0 Å². The molecular weight excluding hydrogens is 715 g/mol. The molecule has 0 unspecified atom stereocenters. The molecule has 10 heteroatoms. The van der Waals surface area contributed by atoms with Crippen LogP contribution in [0.5, 0.6) is 0 Å². The largest absolute Gasteiger partial charge is 0.447 e. The summed E-state index contributed by atoms with van der Waals surface area (Å²) in [5.41, 5.74) is 0. The molecule has 5 N–H and O–H groups in total. The highest BCUT2D eigenvalue weighted by Gasteiger charge is 2.26. The number of rotatable bonds is 29. The Hall–Kier alpha value is -2.33. The van der Waals surface area contributed by atoms with Crippen LogP contribution in [0.15, 0.2) is 12.2 Å². The Morgan fingerprint density at radius 1 is 0.561 bits per heavy atom. The van der Waals surface area contributed by atoms with Crippen LogP contribution in [0.1, 0.15) is 213 Å². The molecule has 3 amide bonds.